The van der Waals surface area contributed by atoms with Gasteiger partial charge in [0.25, 0.3) is 0 Å². The normalized spacial score (nSPS) is 16.6. The quantitative estimate of drug-likeness (QED) is 0.678. The number of hydrogen-bond donors (Lipinski definition) is 0. The van der Waals surface area contributed by atoms with Gasteiger partial charge in [-0.1, -0.05) is 12.1 Å². The Hall–Kier alpha value is -1.55. The van der Waals surface area contributed by atoms with Gasteiger partial charge in [0.15, 0.2) is 0 Å². The summed E-state index contributed by atoms with van der Waals surface area (Å²) in [6, 6.07) is 8.97. The standard InChI is InChI=1S/C18H19F3N2O2S2/c19-14-5-6-16(21)18(13-14)27(24,25)23-9-7-22(8-10-23)11-12-26-17-4-2-1-3-15(17)20/h1-6,13H,7-12H2. The first kappa shape index (κ1) is 20.2. The van der Waals surface area contributed by atoms with Gasteiger partial charge in [-0.15, -0.1) is 11.8 Å². The van der Waals surface area contributed by atoms with Gasteiger partial charge in [-0.05, 0) is 30.3 Å². The van der Waals surface area contributed by atoms with Gasteiger partial charge in [-0.2, -0.15) is 4.31 Å². The third-order valence-corrected chi connectivity index (χ3v) is 7.29. The molecule has 0 unspecified atom stereocenters. The molecule has 1 saturated heterocycles. The molecule has 0 atom stereocenters. The third kappa shape index (κ3) is 4.84. The van der Waals surface area contributed by atoms with Crippen LogP contribution in [0, 0.1) is 17.5 Å². The van der Waals surface area contributed by atoms with Crippen LogP contribution in [-0.4, -0.2) is 56.1 Å². The highest BCUT2D eigenvalue weighted by Gasteiger charge is 2.30. The van der Waals surface area contributed by atoms with E-state index >= 15 is 0 Å². The zero-order valence-corrected chi connectivity index (χ0v) is 16.1. The molecule has 1 aliphatic heterocycles. The number of rotatable bonds is 6. The second kappa shape index (κ2) is 8.64. The summed E-state index contributed by atoms with van der Waals surface area (Å²) >= 11 is 1.41. The lowest BCUT2D eigenvalue weighted by molar-refractivity contribution is 0.197. The molecule has 0 spiro atoms. The summed E-state index contributed by atoms with van der Waals surface area (Å²) < 4.78 is 67.1. The van der Waals surface area contributed by atoms with E-state index in [1.165, 1.54) is 22.1 Å². The van der Waals surface area contributed by atoms with Gasteiger partial charge in [0.2, 0.25) is 10.0 Å². The summed E-state index contributed by atoms with van der Waals surface area (Å²) in [5.41, 5.74) is 0. The highest BCUT2D eigenvalue weighted by atomic mass is 32.2. The number of thioether (sulfide) groups is 1. The summed E-state index contributed by atoms with van der Waals surface area (Å²) in [4.78, 5) is 2.02. The van der Waals surface area contributed by atoms with E-state index in [-0.39, 0.29) is 18.9 Å². The average molecular weight is 416 g/mol. The third-order valence-electron chi connectivity index (χ3n) is 4.34. The summed E-state index contributed by atoms with van der Waals surface area (Å²) in [6.07, 6.45) is 0. The summed E-state index contributed by atoms with van der Waals surface area (Å²) in [5.74, 6) is -1.33. The Morgan fingerprint density at radius 1 is 0.926 bits per heavy atom. The maximum absolute atomic E-state index is 13.8. The number of sulfonamides is 1. The molecule has 0 bridgehead atoms. The zero-order valence-electron chi connectivity index (χ0n) is 14.4. The van der Waals surface area contributed by atoms with E-state index in [1.54, 1.807) is 18.2 Å². The Morgan fingerprint density at radius 2 is 1.63 bits per heavy atom. The summed E-state index contributed by atoms with van der Waals surface area (Å²) in [6.45, 7) is 2.04. The van der Waals surface area contributed by atoms with Crippen LogP contribution in [0.15, 0.2) is 52.3 Å². The number of halogens is 3. The molecule has 0 saturated carbocycles. The molecule has 146 valence electrons. The highest BCUT2D eigenvalue weighted by molar-refractivity contribution is 7.99. The van der Waals surface area contributed by atoms with Crippen molar-refractivity contribution < 1.29 is 21.6 Å². The van der Waals surface area contributed by atoms with E-state index in [1.807, 2.05) is 0 Å². The van der Waals surface area contributed by atoms with Crippen LogP contribution < -0.4 is 0 Å². The molecule has 1 aliphatic rings. The molecule has 0 aromatic heterocycles. The van der Waals surface area contributed by atoms with Gasteiger partial charge in [-0.3, -0.25) is 4.90 Å². The van der Waals surface area contributed by atoms with Crippen molar-refractivity contribution in [3.63, 3.8) is 0 Å². The lowest BCUT2D eigenvalue weighted by Crippen LogP contribution is -2.49. The Bertz CT molecular complexity index is 901. The Kier molecular flexibility index (Phi) is 6.46. The monoisotopic (exact) mass is 416 g/mol. The zero-order chi connectivity index (χ0) is 19.4. The van der Waals surface area contributed by atoms with Crippen molar-refractivity contribution in [3.8, 4) is 0 Å². The molecular formula is C18H19F3N2O2S2. The van der Waals surface area contributed by atoms with E-state index in [0.717, 1.165) is 12.1 Å². The van der Waals surface area contributed by atoms with Gasteiger partial charge >= 0.3 is 0 Å². The minimum atomic E-state index is -4.07. The lowest BCUT2D eigenvalue weighted by atomic mass is 10.3. The van der Waals surface area contributed by atoms with Crippen LogP contribution in [0.5, 0.6) is 0 Å². The van der Waals surface area contributed by atoms with Crippen molar-refractivity contribution in [2.75, 3.05) is 38.5 Å². The van der Waals surface area contributed by atoms with Gasteiger partial charge in [0.05, 0.1) is 0 Å². The van der Waals surface area contributed by atoms with E-state index in [9.17, 15) is 21.6 Å². The van der Waals surface area contributed by atoms with Crippen LogP contribution >= 0.6 is 11.8 Å². The smallest absolute Gasteiger partial charge is 0.246 e. The van der Waals surface area contributed by atoms with Gasteiger partial charge in [0.1, 0.15) is 22.3 Å². The molecule has 0 radical (unpaired) electrons. The summed E-state index contributed by atoms with van der Waals surface area (Å²) in [7, 11) is -4.07. The first-order chi connectivity index (χ1) is 12.9. The van der Waals surface area contributed by atoms with Crippen LogP contribution in [0.25, 0.3) is 0 Å². The van der Waals surface area contributed by atoms with Crippen LogP contribution in [-0.2, 0) is 10.0 Å². The summed E-state index contributed by atoms with van der Waals surface area (Å²) in [5, 5.41) is 0. The predicted octanol–water partition coefficient (Wildman–Crippen LogP) is 3.20. The number of benzene rings is 2. The maximum Gasteiger partial charge on any atom is 0.246 e. The van der Waals surface area contributed by atoms with Crippen LogP contribution in [0.3, 0.4) is 0 Å². The molecule has 1 fully saturated rings. The fourth-order valence-corrected chi connectivity index (χ4v) is 5.30. The number of piperazine rings is 1. The first-order valence-electron chi connectivity index (χ1n) is 8.43. The van der Waals surface area contributed by atoms with Crippen molar-refractivity contribution in [2.45, 2.75) is 9.79 Å². The van der Waals surface area contributed by atoms with Crippen molar-refractivity contribution >= 4 is 21.8 Å². The second-order valence-electron chi connectivity index (χ2n) is 6.10. The first-order valence-corrected chi connectivity index (χ1v) is 10.9. The molecule has 1 heterocycles. The molecule has 9 heteroatoms. The van der Waals surface area contributed by atoms with Crippen molar-refractivity contribution in [3.05, 3.63) is 59.9 Å². The van der Waals surface area contributed by atoms with Crippen molar-refractivity contribution in [2.24, 2.45) is 0 Å². The lowest BCUT2D eigenvalue weighted by Gasteiger charge is -2.33. The molecule has 4 nitrogen and oxygen atoms in total. The SMILES string of the molecule is O=S(=O)(c1cc(F)ccc1F)N1CCN(CCSc2ccccc2F)CC1. The minimum Gasteiger partial charge on any atom is -0.300 e. The predicted molar refractivity (Wildman–Crippen MR) is 98.7 cm³/mol. The molecule has 2 aromatic carbocycles. The van der Waals surface area contributed by atoms with Crippen molar-refractivity contribution in [1.29, 1.82) is 0 Å². The Balaban J connectivity index is 1.54. The van der Waals surface area contributed by atoms with E-state index < -0.39 is 26.6 Å². The maximum atomic E-state index is 13.8. The van der Waals surface area contributed by atoms with Crippen LogP contribution in [0.1, 0.15) is 0 Å². The topological polar surface area (TPSA) is 40.6 Å². The van der Waals surface area contributed by atoms with Gasteiger partial charge in [-0.25, -0.2) is 21.6 Å². The molecule has 2 aromatic rings. The Labute approximate surface area is 161 Å². The van der Waals surface area contributed by atoms with Crippen LogP contribution in [0.4, 0.5) is 13.2 Å². The molecule has 0 amide bonds. The number of hydrogen-bond acceptors (Lipinski definition) is 4. The molecule has 27 heavy (non-hydrogen) atoms. The fourth-order valence-electron chi connectivity index (χ4n) is 2.85. The molecule has 0 N–H and O–H groups in total. The van der Waals surface area contributed by atoms with Gasteiger partial charge < -0.3 is 0 Å². The van der Waals surface area contributed by atoms with E-state index in [0.29, 0.717) is 36.3 Å². The second-order valence-corrected chi connectivity index (χ2v) is 9.14. The largest absolute Gasteiger partial charge is 0.300 e. The Morgan fingerprint density at radius 3 is 2.33 bits per heavy atom. The number of nitrogens with zero attached hydrogens (tertiary/aromatic N) is 2. The van der Waals surface area contributed by atoms with E-state index in [2.05, 4.69) is 4.90 Å². The van der Waals surface area contributed by atoms with E-state index in [4.69, 9.17) is 0 Å². The molecule has 0 aliphatic carbocycles. The van der Waals surface area contributed by atoms with Crippen molar-refractivity contribution in [1.82, 2.24) is 9.21 Å². The fraction of sp³-hybridized carbons (Fsp3) is 0.333. The average Bonchev–Trinajstić information content (AvgIpc) is 2.65. The minimum absolute atomic E-state index is 0.197. The van der Waals surface area contributed by atoms with Gasteiger partial charge in [0, 0.05) is 43.4 Å². The molecule has 3 rings (SSSR count). The molecular weight excluding hydrogens is 397 g/mol. The van der Waals surface area contributed by atoms with Crippen LogP contribution in [0.2, 0.25) is 0 Å². The highest BCUT2D eigenvalue weighted by Crippen LogP contribution is 2.23.